The van der Waals surface area contributed by atoms with Gasteiger partial charge in [-0.05, 0) is 19.4 Å². The van der Waals surface area contributed by atoms with E-state index in [1.807, 2.05) is 0 Å². The third-order valence-corrected chi connectivity index (χ3v) is 6.70. The number of carbonyl (C=O) groups excluding carboxylic acids is 1. The molecule has 0 heterocycles. The Morgan fingerprint density at radius 2 is 1.76 bits per heavy atom. The summed E-state index contributed by atoms with van der Waals surface area (Å²) in [5.41, 5.74) is 5.47. The van der Waals surface area contributed by atoms with Crippen LogP contribution in [0.2, 0.25) is 0 Å². The average molecular weight is 483 g/mol. The van der Waals surface area contributed by atoms with Crippen LogP contribution in [0.3, 0.4) is 0 Å². The maximum Gasteiger partial charge on any atom is 0.490 e. The van der Waals surface area contributed by atoms with Crippen LogP contribution >= 0.6 is 23.5 Å². The number of carbonyl (C=O) groups is 1. The Morgan fingerprint density at radius 1 is 1.17 bits per heavy atom. The molecule has 6 N–H and O–H groups in total. The SMILES string of the molecule is CCC(COP(=O)(O)OP(=O)(O)OP(=O)(O)O)OC(C)N(C=O)/C=C\C(N)=N/C. The van der Waals surface area contributed by atoms with Crippen LogP contribution in [0, 0.1) is 0 Å². The van der Waals surface area contributed by atoms with Crippen molar-refractivity contribution in [3.8, 4) is 0 Å². The van der Waals surface area contributed by atoms with Gasteiger partial charge in [-0.3, -0.25) is 19.2 Å². The Morgan fingerprint density at radius 3 is 2.21 bits per heavy atom. The topological polar surface area (TPSA) is 228 Å². The predicted molar refractivity (Wildman–Crippen MR) is 99.0 cm³/mol. The second-order valence-corrected chi connectivity index (χ2v) is 9.59. The fourth-order valence-electron chi connectivity index (χ4n) is 1.56. The third-order valence-electron chi connectivity index (χ3n) is 2.90. The van der Waals surface area contributed by atoms with Crippen LogP contribution in [0.5, 0.6) is 0 Å². The van der Waals surface area contributed by atoms with Crippen molar-refractivity contribution in [2.24, 2.45) is 10.7 Å². The Bertz CT molecular complexity index is 738. The molecule has 4 atom stereocenters. The number of ether oxygens (including phenoxy) is 1. The molecule has 0 aliphatic rings. The molecule has 0 rings (SSSR count). The molecule has 0 bridgehead atoms. The summed E-state index contributed by atoms with van der Waals surface area (Å²) in [6.07, 6.45) is 1.51. The van der Waals surface area contributed by atoms with Crippen molar-refractivity contribution in [3.63, 3.8) is 0 Å². The molecule has 0 radical (unpaired) electrons. The van der Waals surface area contributed by atoms with Crippen molar-refractivity contribution in [1.29, 1.82) is 0 Å². The Hall–Kier alpha value is -0.950. The molecule has 0 aliphatic heterocycles. The van der Waals surface area contributed by atoms with E-state index >= 15 is 0 Å². The molecule has 1 amide bonds. The highest BCUT2D eigenvalue weighted by atomic mass is 31.3. The third kappa shape index (κ3) is 13.1. The van der Waals surface area contributed by atoms with Gasteiger partial charge < -0.3 is 30.0 Å². The first-order valence-electron chi connectivity index (χ1n) is 7.71. The standard InChI is InChI=1S/C11H24N3O12P3/c1-4-10(24-9(2)14(8-15)6-5-11(12)13-3)7-23-28(19,20)26-29(21,22)25-27(16,17)18/h5-6,8-10H,4,7H2,1-3H3,(H2,12,13)(H,19,20)(H,21,22)(H2,16,17,18)/b6-5-. The number of phosphoric ester groups is 1. The molecule has 170 valence electrons. The first-order valence-corrected chi connectivity index (χ1v) is 12.2. The van der Waals surface area contributed by atoms with Crippen molar-refractivity contribution in [1.82, 2.24) is 4.90 Å². The average Bonchev–Trinajstić information content (AvgIpc) is 2.55. The Kier molecular flexibility index (Phi) is 11.6. The molecule has 0 saturated heterocycles. The van der Waals surface area contributed by atoms with Crippen LogP contribution in [-0.4, -0.2) is 62.7 Å². The fourth-order valence-corrected chi connectivity index (χ4v) is 4.61. The maximum atomic E-state index is 11.7. The van der Waals surface area contributed by atoms with Gasteiger partial charge in [-0.15, -0.1) is 0 Å². The van der Waals surface area contributed by atoms with Crippen LogP contribution in [0.1, 0.15) is 20.3 Å². The highest BCUT2D eigenvalue weighted by Crippen LogP contribution is 2.66. The molecule has 0 aromatic heterocycles. The number of amides is 1. The van der Waals surface area contributed by atoms with E-state index < -0.39 is 42.4 Å². The monoisotopic (exact) mass is 483 g/mol. The van der Waals surface area contributed by atoms with Crippen LogP contribution in [0.15, 0.2) is 17.3 Å². The number of hydrogen-bond acceptors (Lipinski definition) is 9. The van der Waals surface area contributed by atoms with Gasteiger partial charge >= 0.3 is 23.5 Å². The molecule has 29 heavy (non-hydrogen) atoms. The minimum Gasteiger partial charge on any atom is -0.384 e. The molecule has 4 unspecified atom stereocenters. The van der Waals surface area contributed by atoms with Gasteiger partial charge in [0.1, 0.15) is 12.1 Å². The van der Waals surface area contributed by atoms with Gasteiger partial charge in [0.05, 0.1) is 12.7 Å². The summed E-state index contributed by atoms with van der Waals surface area (Å²) in [4.78, 5) is 51.3. The summed E-state index contributed by atoms with van der Waals surface area (Å²) in [7, 11) is -14.9. The smallest absolute Gasteiger partial charge is 0.384 e. The summed E-state index contributed by atoms with van der Waals surface area (Å²) in [5.74, 6) is 0.142. The number of nitrogens with zero attached hydrogens (tertiary/aromatic N) is 2. The van der Waals surface area contributed by atoms with Gasteiger partial charge in [-0.25, -0.2) is 13.7 Å². The highest BCUT2D eigenvalue weighted by Gasteiger charge is 2.41. The van der Waals surface area contributed by atoms with Crippen LogP contribution in [0.25, 0.3) is 0 Å². The van der Waals surface area contributed by atoms with E-state index in [9.17, 15) is 23.4 Å². The molecular weight excluding hydrogens is 459 g/mol. The molecule has 0 aliphatic carbocycles. The van der Waals surface area contributed by atoms with Gasteiger partial charge in [0.25, 0.3) is 0 Å². The lowest BCUT2D eigenvalue weighted by molar-refractivity contribution is -0.133. The summed E-state index contributed by atoms with van der Waals surface area (Å²) < 4.78 is 50.7. The molecule has 15 nitrogen and oxygen atoms in total. The van der Waals surface area contributed by atoms with Crippen molar-refractivity contribution in [2.45, 2.75) is 32.6 Å². The van der Waals surface area contributed by atoms with E-state index in [0.717, 1.165) is 4.90 Å². The zero-order valence-corrected chi connectivity index (χ0v) is 18.4. The highest BCUT2D eigenvalue weighted by molar-refractivity contribution is 7.66. The summed E-state index contributed by atoms with van der Waals surface area (Å²) in [5, 5.41) is 0. The van der Waals surface area contributed by atoms with Crippen LogP contribution < -0.4 is 5.73 Å². The molecule has 0 aromatic carbocycles. The van der Waals surface area contributed by atoms with E-state index in [4.69, 9.17) is 25.2 Å². The molecule has 18 heteroatoms. The Labute approximate surface area is 166 Å². The van der Waals surface area contributed by atoms with E-state index in [1.165, 1.54) is 26.2 Å². The minimum absolute atomic E-state index is 0.142. The van der Waals surface area contributed by atoms with Crippen LogP contribution in [0.4, 0.5) is 0 Å². The van der Waals surface area contributed by atoms with E-state index in [1.54, 1.807) is 6.92 Å². The minimum atomic E-state index is -5.60. The van der Waals surface area contributed by atoms with E-state index in [2.05, 4.69) is 18.1 Å². The number of amidine groups is 1. The zero-order chi connectivity index (χ0) is 22.9. The van der Waals surface area contributed by atoms with Crippen LogP contribution in [-0.2, 0) is 36.4 Å². The first kappa shape index (κ1) is 28.1. The number of aliphatic imine (C=N–C) groups is 1. The first-order chi connectivity index (χ1) is 13.1. The van der Waals surface area contributed by atoms with Gasteiger partial charge in [0.2, 0.25) is 6.41 Å². The quantitative estimate of drug-likeness (QED) is 0.0743. The lowest BCUT2D eigenvalue weighted by atomic mass is 10.3. The maximum absolute atomic E-state index is 11.7. The van der Waals surface area contributed by atoms with E-state index in [0.29, 0.717) is 6.41 Å². The second-order valence-electron chi connectivity index (χ2n) is 5.17. The van der Waals surface area contributed by atoms with Gasteiger partial charge in [0.15, 0.2) is 0 Å². The van der Waals surface area contributed by atoms with Crippen molar-refractivity contribution < 1.29 is 55.9 Å². The number of nitrogens with two attached hydrogens (primary N) is 1. The summed E-state index contributed by atoms with van der Waals surface area (Å²) in [6.45, 7) is 2.45. The molecule has 0 saturated carbocycles. The molecule has 0 spiro atoms. The lowest BCUT2D eigenvalue weighted by Crippen LogP contribution is -2.35. The van der Waals surface area contributed by atoms with Crippen molar-refractivity contribution in [3.05, 3.63) is 12.3 Å². The van der Waals surface area contributed by atoms with Crippen molar-refractivity contribution >= 4 is 35.7 Å². The zero-order valence-electron chi connectivity index (χ0n) is 15.7. The normalized spacial score (nSPS) is 19.3. The van der Waals surface area contributed by atoms with Gasteiger partial charge in [-0.2, -0.15) is 8.62 Å². The number of hydrogen-bond donors (Lipinski definition) is 5. The lowest BCUT2D eigenvalue weighted by Gasteiger charge is -2.27. The summed E-state index contributed by atoms with van der Waals surface area (Å²) in [6, 6.07) is 0. The fraction of sp³-hybridized carbons (Fsp3) is 0.636. The molecular formula is C11H24N3O12P3. The largest absolute Gasteiger partial charge is 0.490 e. The van der Waals surface area contributed by atoms with Gasteiger partial charge in [0, 0.05) is 13.2 Å². The Balaban J connectivity index is 4.92. The second kappa shape index (κ2) is 12.0. The number of phosphoric acid groups is 3. The molecule has 0 aromatic rings. The summed E-state index contributed by atoms with van der Waals surface area (Å²) >= 11 is 0. The predicted octanol–water partition coefficient (Wildman–Crippen LogP) is 0.430. The van der Waals surface area contributed by atoms with E-state index in [-0.39, 0.29) is 12.3 Å². The number of rotatable bonds is 14. The van der Waals surface area contributed by atoms with Gasteiger partial charge in [-0.1, -0.05) is 6.92 Å². The van der Waals surface area contributed by atoms with Crippen molar-refractivity contribution in [2.75, 3.05) is 13.7 Å². The molecule has 0 fully saturated rings.